The van der Waals surface area contributed by atoms with Crippen LogP contribution in [0.4, 0.5) is 14.9 Å². The van der Waals surface area contributed by atoms with Gasteiger partial charge >= 0.3 is 6.03 Å². The molecule has 2 rings (SSSR count). The van der Waals surface area contributed by atoms with Crippen LogP contribution in [0.1, 0.15) is 12.8 Å². The quantitative estimate of drug-likeness (QED) is 0.759. The van der Waals surface area contributed by atoms with Crippen LogP contribution in [-0.2, 0) is 4.79 Å². The van der Waals surface area contributed by atoms with E-state index in [9.17, 15) is 14.0 Å². The number of anilines is 1. The van der Waals surface area contributed by atoms with E-state index in [2.05, 4.69) is 16.0 Å². The third-order valence-corrected chi connectivity index (χ3v) is 3.57. The largest absolute Gasteiger partial charge is 0.341 e. The summed E-state index contributed by atoms with van der Waals surface area (Å²) in [5, 5.41) is 8.42. The molecule has 8 heteroatoms. The molecule has 0 radical (unpaired) electrons. The van der Waals surface area contributed by atoms with Crippen LogP contribution in [0.5, 0.6) is 0 Å². The van der Waals surface area contributed by atoms with E-state index >= 15 is 0 Å². The van der Waals surface area contributed by atoms with E-state index in [1.54, 1.807) is 11.9 Å². The first kappa shape index (κ1) is 19.2. The number of benzene rings is 1. The molecule has 1 aliphatic rings. The molecular weight excluding hydrogens is 323 g/mol. The second-order valence-corrected chi connectivity index (χ2v) is 5.28. The summed E-state index contributed by atoms with van der Waals surface area (Å²) in [7, 11) is 1.81. The lowest BCUT2D eigenvalue weighted by Crippen LogP contribution is -2.40. The van der Waals surface area contributed by atoms with Gasteiger partial charge < -0.3 is 20.9 Å². The van der Waals surface area contributed by atoms with E-state index in [1.165, 1.54) is 24.3 Å². The van der Waals surface area contributed by atoms with Gasteiger partial charge in [-0.2, -0.15) is 0 Å². The number of carbonyl (C=O) groups is 2. The van der Waals surface area contributed by atoms with Crippen LogP contribution >= 0.6 is 12.4 Å². The Kier molecular flexibility index (Phi) is 7.77. The van der Waals surface area contributed by atoms with Crippen molar-refractivity contribution in [1.29, 1.82) is 0 Å². The van der Waals surface area contributed by atoms with Crippen molar-refractivity contribution >= 4 is 30.0 Å². The van der Waals surface area contributed by atoms with Gasteiger partial charge in [0.15, 0.2) is 0 Å². The molecule has 1 fully saturated rings. The second-order valence-electron chi connectivity index (χ2n) is 5.28. The van der Waals surface area contributed by atoms with E-state index < -0.39 is 0 Å². The van der Waals surface area contributed by atoms with Crippen LogP contribution in [0.15, 0.2) is 24.3 Å². The van der Waals surface area contributed by atoms with Crippen molar-refractivity contribution in [3.8, 4) is 0 Å². The minimum Gasteiger partial charge on any atom is -0.341 e. The van der Waals surface area contributed by atoms with Crippen molar-refractivity contribution in [2.75, 3.05) is 32.0 Å². The van der Waals surface area contributed by atoms with Crippen LogP contribution < -0.4 is 16.0 Å². The molecule has 0 aromatic heterocycles. The summed E-state index contributed by atoms with van der Waals surface area (Å²) in [6.45, 7) is 1.84. The Labute approximate surface area is 141 Å². The highest BCUT2D eigenvalue weighted by molar-refractivity contribution is 5.89. The Morgan fingerprint density at radius 3 is 2.65 bits per heavy atom. The average Bonchev–Trinajstić information content (AvgIpc) is 2.95. The van der Waals surface area contributed by atoms with Crippen molar-refractivity contribution in [1.82, 2.24) is 15.5 Å². The summed E-state index contributed by atoms with van der Waals surface area (Å²) < 4.78 is 12.8. The minimum atomic E-state index is -0.350. The van der Waals surface area contributed by atoms with E-state index in [0.717, 1.165) is 6.42 Å². The highest BCUT2D eigenvalue weighted by atomic mass is 35.5. The van der Waals surface area contributed by atoms with Gasteiger partial charge in [0.2, 0.25) is 5.91 Å². The van der Waals surface area contributed by atoms with Gasteiger partial charge in [0.05, 0.1) is 0 Å². The molecule has 0 spiro atoms. The Hall–Kier alpha value is -1.86. The summed E-state index contributed by atoms with van der Waals surface area (Å²) >= 11 is 0. The molecule has 0 saturated carbocycles. The zero-order chi connectivity index (χ0) is 15.9. The fraction of sp³-hybridized carbons (Fsp3) is 0.467. The molecule has 1 aromatic rings. The maximum atomic E-state index is 12.8. The smallest absolute Gasteiger partial charge is 0.319 e. The highest BCUT2D eigenvalue weighted by Gasteiger charge is 2.26. The number of nitrogens with one attached hydrogen (secondary N) is 3. The van der Waals surface area contributed by atoms with Crippen molar-refractivity contribution in [2.24, 2.45) is 0 Å². The molecule has 1 unspecified atom stereocenters. The van der Waals surface area contributed by atoms with E-state index in [1.807, 2.05) is 0 Å². The summed E-state index contributed by atoms with van der Waals surface area (Å²) in [6.07, 6.45) is 1.20. The molecule has 3 amide bonds. The maximum Gasteiger partial charge on any atom is 0.319 e. The molecule has 0 bridgehead atoms. The number of nitrogens with zero attached hydrogens (tertiary/aromatic N) is 1. The zero-order valence-electron chi connectivity index (χ0n) is 13.0. The summed E-state index contributed by atoms with van der Waals surface area (Å²) in [5.74, 6) is -0.255. The molecule has 0 aliphatic carbocycles. The van der Waals surface area contributed by atoms with Gasteiger partial charge in [-0.05, 0) is 37.7 Å². The number of urea groups is 1. The van der Waals surface area contributed by atoms with E-state index in [4.69, 9.17) is 0 Å². The maximum absolute atomic E-state index is 12.8. The Morgan fingerprint density at radius 2 is 2.00 bits per heavy atom. The number of hydrogen-bond acceptors (Lipinski definition) is 3. The van der Waals surface area contributed by atoms with Crippen molar-refractivity contribution in [3.63, 3.8) is 0 Å². The van der Waals surface area contributed by atoms with Crippen molar-refractivity contribution < 1.29 is 14.0 Å². The second kappa shape index (κ2) is 9.32. The monoisotopic (exact) mass is 344 g/mol. The molecule has 1 saturated heterocycles. The first-order valence-corrected chi connectivity index (χ1v) is 7.34. The molecule has 1 aromatic carbocycles. The van der Waals surface area contributed by atoms with Gasteiger partial charge in [-0.1, -0.05) is 0 Å². The number of hydrogen-bond donors (Lipinski definition) is 3. The lowest BCUT2D eigenvalue weighted by atomic mass is 10.2. The lowest BCUT2D eigenvalue weighted by molar-refractivity contribution is -0.130. The van der Waals surface area contributed by atoms with Crippen LogP contribution in [0.25, 0.3) is 0 Å². The SMILES string of the molecule is CNCCC(=O)N1CCC(NC(=O)Nc2ccc(F)cc2)C1.Cl. The topological polar surface area (TPSA) is 73.5 Å². The first-order chi connectivity index (χ1) is 10.6. The highest BCUT2D eigenvalue weighted by Crippen LogP contribution is 2.12. The molecule has 1 aliphatic heterocycles. The lowest BCUT2D eigenvalue weighted by Gasteiger charge is -2.17. The third-order valence-electron chi connectivity index (χ3n) is 3.57. The summed E-state index contributed by atoms with van der Waals surface area (Å²) in [6, 6.07) is 5.16. The van der Waals surface area contributed by atoms with Gasteiger partial charge in [-0.15, -0.1) is 12.4 Å². The Bertz CT molecular complexity index is 527. The first-order valence-electron chi connectivity index (χ1n) is 7.34. The number of likely N-dealkylation sites (tertiary alicyclic amines) is 1. The van der Waals surface area contributed by atoms with E-state index in [-0.39, 0.29) is 36.2 Å². The van der Waals surface area contributed by atoms with Gasteiger partial charge in [-0.25, -0.2) is 9.18 Å². The zero-order valence-corrected chi connectivity index (χ0v) is 13.8. The number of halogens is 2. The third kappa shape index (κ3) is 6.03. The van der Waals surface area contributed by atoms with Gasteiger partial charge in [0.25, 0.3) is 0 Å². The molecule has 1 atom stereocenters. The predicted octanol–water partition coefficient (Wildman–Crippen LogP) is 1.58. The number of rotatable bonds is 5. The van der Waals surface area contributed by atoms with Crippen molar-refractivity contribution in [2.45, 2.75) is 18.9 Å². The Morgan fingerprint density at radius 1 is 1.30 bits per heavy atom. The fourth-order valence-electron chi connectivity index (χ4n) is 2.38. The molecule has 1 heterocycles. The van der Waals surface area contributed by atoms with Gasteiger partial charge in [0, 0.05) is 37.8 Å². The van der Waals surface area contributed by atoms with Gasteiger partial charge in [-0.3, -0.25) is 4.79 Å². The standard InChI is InChI=1S/C15H21FN4O2.ClH/c1-17-8-6-14(21)20-9-7-13(10-20)19-15(22)18-12-4-2-11(16)3-5-12;/h2-5,13,17H,6-10H2,1H3,(H2,18,19,22);1H. The fourth-order valence-corrected chi connectivity index (χ4v) is 2.38. The van der Waals surface area contributed by atoms with E-state index in [0.29, 0.717) is 31.7 Å². The van der Waals surface area contributed by atoms with Crippen LogP contribution in [0.3, 0.4) is 0 Å². The van der Waals surface area contributed by atoms with Crippen LogP contribution in [0, 0.1) is 5.82 Å². The molecule has 3 N–H and O–H groups in total. The Balaban J connectivity index is 0.00000264. The predicted molar refractivity (Wildman–Crippen MR) is 89.3 cm³/mol. The summed E-state index contributed by atoms with van der Waals surface area (Å²) in [4.78, 5) is 25.5. The molecule has 23 heavy (non-hydrogen) atoms. The van der Waals surface area contributed by atoms with Crippen LogP contribution in [0.2, 0.25) is 0 Å². The van der Waals surface area contributed by atoms with Crippen molar-refractivity contribution in [3.05, 3.63) is 30.1 Å². The minimum absolute atomic E-state index is 0. The number of amides is 3. The summed E-state index contributed by atoms with van der Waals surface area (Å²) in [5.41, 5.74) is 0.527. The molecule has 6 nitrogen and oxygen atoms in total. The molecule has 128 valence electrons. The van der Waals surface area contributed by atoms with Crippen LogP contribution in [-0.4, -0.2) is 49.6 Å². The van der Waals surface area contributed by atoms with Gasteiger partial charge in [0.1, 0.15) is 5.82 Å². The average molecular weight is 345 g/mol. The normalized spacial score (nSPS) is 16.6. The molecular formula is C15H22ClFN4O2. The number of carbonyl (C=O) groups excluding carboxylic acids is 2.